The van der Waals surface area contributed by atoms with E-state index in [1.165, 1.54) is 0 Å². The van der Waals surface area contributed by atoms with Gasteiger partial charge in [-0.15, -0.1) is 0 Å². The molecule has 1 rings (SSSR count). The molecule has 1 saturated carbocycles. The first-order valence-electron chi connectivity index (χ1n) is 3.98. The molecule has 9 heteroatoms. The van der Waals surface area contributed by atoms with E-state index in [-0.39, 0.29) is 0 Å². The summed E-state index contributed by atoms with van der Waals surface area (Å²) in [6.07, 6.45) is -7.28. The van der Waals surface area contributed by atoms with Crippen LogP contribution in [0.15, 0.2) is 0 Å². The third-order valence-corrected chi connectivity index (χ3v) is 2.35. The van der Waals surface area contributed by atoms with E-state index in [2.05, 4.69) is 0 Å². The summed E-state index contributed by atoms with van der Waals surface area (Å²) < 4.78 is 85.3. The van der Waals surface area contributed by atoms with E-state index in [0.717, 1.165) is 0 Å². The highest BCUT2D eigenvalue weighted by molar-refractivity contribution is 5.73. The first-order chi connectivity index (χ1) is 6.93. The van der Waals surface area contributed by atoms with E-state index in [1.807, 2.05) is 0 Å². The fourth-order valence-corrected chi connectivity index (χ4v) is 1.29. The number of alkyl halides is 7. The van der Waals surface area contributed by atoms with Gasteiger partial charge in [0, 0.05) is 5.92 Å². The number of hydrogen-bond donors (Lipinski definition) is 1. The van der Waals surface area contributed by atoms with Crippen molar-refractivity contribution in [3.8, 4) is 0 Å². The van der Waals surface area contributed by atoms with Crippen molar-refractivity contribution in [1.82, 2.24) is 0 Å². The minimum Gasteiger partial charge on any atom is -0.481 e. The Morgan fingerprint density at radius 2 is 1.50 bits per heavy atom. The van der Waals surface area contributed by atoms with Crippen LogP contribution in [0, 0.1) is 11.8 Å². The van der Waals surface area contributed by atoms with Gasteiger partial charge in [0.25, 0.3) is 0 Å². The normalized spacial score (nSPS) is 26.7. The zero-order chi connectivity index (χ0) is 12.9. The molecule has 1 aliphatic carbocycles. The van der Waals surface area contributed by atoms with Gasteiger partial charge in [-0.3, -0.25) is 4.79 Å². The van der Waals surface area contributed by atoms with Gasteiger partial charge in [0.05, 0.1) is 5.92 Å². The molecule has 0 aromatic carbocycles. The van der Waals surface area contributed by atoms with Crippen LogP contribution in [0.5, 0.6) is 0 Å². The minimum atomic E-state index is -6.40. The van der Waals surface area contributed by atoms with Gasteiger partial charge in [-0.25, -0.2) is 0 Å². The number of aliphatic carboxylic acids is 1. The van der Waals surface area contributed by atoms with Crippen LogP contribution in [0.1, 0.15) is 6.42 Å². The highest BCUT2D eigenvalue weighted by Crippen LogP contribution is 2.59. The minimum absolute atomic E-state index is 0.881. The number of hydrogen-bond acceptors (Lipinski definition) is 1. The standard InChI is InChI=1S/C7H5F7O2/c8-5(9,3-1-2(3)4(15)16)6(10,11)7(12,13)14/h2-3H,1H2,(H,15,16)/t2-,3-/m1/s1. The summed E-state index contributed by atoms with van der Waals surface area (Å²) >= 11 is 0. The molecule has 0 aromatic rings. The van der Waals surface area contributed by atoms with Gasteiger partial charge in [0.1, 0.15) is 0 Å². The fourth-order valence-electron chi connectivity index (χ4n) is 1.29. The molecule has 0 radical (unpaired) electrons. The number of carboxylic acids is 1. The van der Waals surface area contributed by atoms with E-state index in [1.54, 1.807) is 0 Å². The molecule has 16 heavy (non-hydrogen) atoms. The molecular weight excluding hydrogens is 249 g/mol. The molecule has 94 valence electrons. The second kappa shape index (κ2) is 3.24. The summed E-state index contributed by atoms with van der Waals surface area (Å²) in [4.78, 5) is 10.1. The SMILES string of the molecule is O=C(O)[C@@H]1C[C@H]1C(F)(F)C(F)(F)C(F)(F)F. The van der Waals surface area contributed by atoms with Gasteiger partial charge in [-0.1, -0.05) is 0 Å². The van der Waals surface area contributed by atoms with Crippen LogP contribution in [0.4, 0.5) is 30.7 Å². The smallest absolute Gasteiger partial charge is 0.459 e. The highest BCUT2D eigenvalue weighted by Gasteiger charge is 2.79. The molecule has 0 aliphatic heterocycles. The predicted octanol–water partition coefficient (Wildman–Crippen LogP) is 2.54. The van der Waals surface area contributed by atoms with Crippen LogP contribution in [-0.2, 0) is 4.79 Å². The Balaban J connectivity index is 2.91. The van der Waals surface area contributed by atoms with Crippen molar-refractivity contribution in [2.24, 2.45) is 11.8 Å². The van der Waals surface area contributed by atoms with Crippen LogP contribution in [0.3, 0.4) is 0 Å². The number of carboxylic acid groups (broad SMARTS) is 1. The topological polar surface area (TPSA) is 37.3 Å². The average molecular weight is 254 g/mol. The van der Waals surface area contributed by atoms with Crippen LogP contribution >= 0.6 is 0 Å². The Bertz CT molecular complexity index is 308. The molecule has 2 nitrogen and oxygen atoms in total. The highest BCUT2D eigenvalue weighted by atomic mass is 19.4. The van der Waals surface area contributed by atoms with Crippen molar-refractivity contribution in [2.75, 3.05) is 0 Å². The van der Waals surface area contributed by atoms with Gasteiger partial charge in [0.2, 0.25) is 0 Å². The zero-order valence-corrected chi connectivity index (χ0v) is 7.36. The largest absolute Gasteiger partial charge is 0.481 e. The third kappa shape index (κ3) is 1.71. The quantitative estimate of drug-likeness (QED) is 0.786. The third-order valence-electron chi connectivity index (χ3n) is 2.35. The van der Waals surface area contributed by atoms with Crippen molar-refractivity contribution < 1.29 is 40.6 Å². The molecule has 1 N–H and O–H groups in total. The predicted molar refractivity (Wildman–Crippen MR) is 35.2 cm³/mol. The van der Waals surface area contributed by atoms with E-state index in [0.29, 0.717) is 0 Å². The monoisotopic (exact) mass is 254 g/mol. The Hall–Kier alpha value is -1.02. The maximum absolute atomic E-state index is 12.8. The molecule has 0 saturated heterocycles. The summed E-state index contributed by atoms with van der Waals surface area (Å²) in [5.41, 5.74) is 0. The Kier molecular flexibility index (Phi) is 2.64. The lowest BCUT2D eigenvalue weighted by molar-refractivity contribution is -0.360. The molecule has 1 aliphatic rings. The van der Waals surface area contributed by atoms with Crippen molar-refractivity contribution in [3.05, 3.63) is 0 Å². The number of carbonyl (C=O) groups is 1. The summed E-state index contributed by atoms with van der Waals surface area (Å²) in [6.45, 7) is 0. The lowest BCUT2D eigenvalue weighted by Gasteiger charge is -2.28. The summed E-state index contributed by atoms with van der Waals surface area (Å²) in [5.74, 6) is -17.7. The van der Waals surface area contributed by atoms with Gasteiger partial charge in [0.15, 0.2) is 0 Å². The fraction of sp³-hybridized carbons (Fsp3) is 0.857. The average Bonchev–Trinajstić information content (AvgIpc) is 2.79. The molecular formula is C7H5F7O2. The summed E-state index contributed by atoms with van der Waals surface area (Å²) in [7, 11) is 0. The van der Waals surface area contributed by atoms with Crippen molar-refractivity contribution in [1.29, 1.82) is 0 Å². The van der Waals surface area contributed by atoms with E-state index >= 15 is 0 Å². The first kappa shape index (κ1) is 13.0. The first-order valence-corrected chi connectivity index (χ1v) is 3.98. The van der Waals surface area contributed by atoms with Crippen molar-refractivity contribution in [2.45, 2.75) is 24.4 Å². The van der Waals surface area contributed by atoms with Crippen LogP contribution in [-0.4, -0.2) is 29.1 Å². The van der Waals surface area contributed by atoms with Crippen molar-refractivity contribution >= 4 is 5.97 Å². The van der Waals surface area contributed by atoms with E-state index < -0.39 is 42.2 Å². The summed E-state index contributed by atoms with van der Waals surface area (Å²) in [5, 5.41) is 8.20. The Labute approximate surface area is 84.0 Å². The second-order valence-electron chi connectivity index (χ2n) is 3.48. The summed E-state index contributed by atoms with van der Waals surface area (Å²) in [6, 6.07) is 0. The Morgan fingerprint density at radius 1 is 1.06 bits per heavy atom. The molecule has 0 amide bonds. The van der Waals surface area contributed by atoms with Gasteiger partial charge in [-0.2, -0.15) is 30.7 Å². The van der Waals surface area contributed by atoms with Gasteiger partial charge >= 0.3 is 24.0 Å². The molecule has 2 atom stereocenters. The zero-order valence-electron chi connectivity index (χ0n) is 7.36. The molecule has 0 aromatic heterocycles. The lowest BCUT2D eigenvalue weighted by Crippen LogP contribution is -2.53. The second-order valence-corrected chi connectivity index (χ2v) is 3.48. The number of halogens is 7. The molecule has 0 unspecified atom stereocenters. The Morgan fingerprint density at radius 3 is 1.75 bits per heavy atom. The molecule has 0 heterocycles. The van der Waals surface area contributed by atoms with Crippen LogP contribution in [0.2, 0.25) is 0 Å². The van der Waals surface area contributed by atoms with Crippen LogP contribution < -0.4 is 0 Å². The van der Waals surface area contributed by atoms with Gasteiger partial charge < -0.3 is 5.11 Å². The number of rotatable bonds is 3. The molecule has 0 bridgehead atoms. The maximum atomic E-state index is 12.8. The van der Waals surface area contributed by atoms with Gasteiger partial charge in [-0.05, 0) is 6.42 Å². The van der Waals surface area contributed by atoms with E-state index in [9.17, 15) is 35.5 Å². The van der Waals surface area contributed by atoms with E-state index in [4.69, 9.17) is 5.11 Å². The van der Waals surface area contributed by atoms with Crippen molar-refractivity contribution in [3.63, 3.8) is 0 Å². The molecule has 1 fully saturated rings. The maximum Gasteiger partial charge on any atom is 0.459 e. The lowest BCUT2D eigenvalue weighted by atomic mass is 10.0. The molecule has 0 spiro atoms. The van der Waals surface area contributed by atoms with Crippen LogP contribution in [0.25, 0.3) is 0 Å².